The lowest BCUT2D eigenvalue weighted by molar-refractivity contribution is -0.111. The van der Waals surface area contributed by atoms with Gasteiger partial charge in [-0.25, -0.2) is 13.4 Å². The van der Waals surface area contributed by atoms with Crippen molar-refractivity contribution in [2.24, 2.45) is 0 Å². The van der Waals surface area contributed by atoms with Crippen molar-refractivity contribution in [2.75, 3.05) is 25.5 Å². The number of nitrogens with zero attached hydrogens (tertiary/aromatic N) is 2. The average Bonchev–Trinajstić information content (AvgIpc) is 2.68. The molecule has 1 aromatic heterocycles. The highest BCUT2D eigenvalue weighted by Gasteiger charge is 2.20. The number of methoxy groups -OCH3 is 1. The van der Waals surface area contributed by atoms with E-state index in [1.165, 1.54) is 23.7 Å². The second-order valence-corrected chi connectivity index (χ2v) is 7.51. The van der Waals surface area contributed by atoms with E-state index in [1.807, 2.05) is 0 Å². The first-order chi connectivity index (χ1) is 12.9. The van der Waals surface area contributed by atoms with Gasteiger partial charge < -0.3 is 10.1 Å². The van der Waals surface area contributed by atoms with Gasteiger partial charge in [0, 0.05) is 25.2 Å². The maximum Gasteiger partial charge on any atom is 0.248 e. The zero-order chi connectivity index (χ0) is 19.9. The zero-order valence-electron chi connectivity index (χ0n) is 15.5. The number of hydrogen-bond donors (Lipinski definition) is 1. The fraction of sp³-hybridized carbons (Fsp3) is 0.263. The van der Waals surface area contributed by atoms with E-state index in [1.54, 1.807) is 56.3 Å². The lowest BCUT2D eigenvalue weighted by Gasteiger charge is -2.18. The highest BCUT2D eigenvalue weighted by molar-refractivity contribution is 7.89. The number of benzene rings is 1. The first kappa shape index (κ1) is 20.6. The standard InChI is InChI=1S/C19H23N3O4S/c1-4-22(5-2)27(24,25)17-10-6-15(7-11-17)8-12-18(23)21-16-9-13-19(26-3)20-14-16/h6-14H,4-5H2,1-3H3,(H,21,23)/b12-8+. The maximum absolute atomic E-state index is 12.4. The molecular weight excluding hydrogens is 366 g/mol. The summed E-state index contributed by atoms with van der Waals surface area (Å²) in [6.45, 7) is 4.44. The van der Waals surface area contributed by atoms with E-state index in [2.05, 4.69) is 10.3 Å². The molecule has 0 unspecified atom stereocenters. The summed E-state index contributed by atoms with van der Waals surface area (Å²) in [5, 5.41) is 2.68. The van der Waals surface area contributed by atoms with Crippen LogP contribution in [-0.4, -0.2) is 43.8 Å². The molecule has 1 aromatic carbocycles. The molecule has 27 heavy (non-hydrogen) atoms. The van der Waals surface area contributed by atoms with Crippen LogP contribution in [0.1, 0.15) is 19.4 Å². The quantitative estimate of drug-likeness (QED) is 0.702. The molecule has 2 rings (SSSR count). The van der Waals surface area contributed by atoms with Crippen LogP contribution < -0.4 is 10.1 Å². The maximum atomic E-state index is 12.4. The van der Waals surface area contributed by atoms with Gasteiger partial charge in [-0.1, -0.05) is 26.0 Å². The van der Waals surface area contributed by atoms with Crippen LogP contribution in [0.4, 0.5) is 5.69 Å². The largest absolute Gasteiger partial charge is 0.481 e. The van der Waals surface area contributed by atoms with Crippen LogP contribution in [0.2, 0.25) is 0 Å². The number of aromatic nitrogens is 1. The van der Waals surface area contributed by atoms with Gasteiger partial charge >= 0.3 is 0 Å². The van der Waals surface area contributed by atoms with Crippen LogP contribution in [-0.2, 0) is 14.8 Å². The molecule has 0 atom stereocenters. The first-order valence-corrected chi connectivity index (χ1v) is 9.94. The lowest BCUT2D eigenvalue weighted by atomic mass is 10.2. The van der Waals surface area contributed by atoms with E-state index in [4.69, 9.17) is 4.74 Å². The minimum atomic E-state index is -3.48. The molecule has 0 radical (unpaired) electrons. The summed E-state index contributed by atoms with van der Waals surface area (Å²) in [6.07, 6.45) is 4.48. The van der Waals surface area contributed by atoms with Gasteiger partial charge in [-0.15, -0.1) is 0 Å². The van der Waals surface area contributed by atoms with Gasteiger partial charge in [-0.05, 0) is 29.8 Å². The molecule has 2 aromatic rings. The Morgan fingerprint density at radius 3 is 2.33 bits per heavy atom. The van der Waals surface area contributed by atoms with E-state index < -0.39 is 10.0 Å². The second-order valence-electron chi connectivity index (χ2n) is 5.57. The van der Waals surface area contributed by atoms with E-state index in [0.717, 1.165) is 5.56 Å². The van der Waals surface area contributed by atoms with Crippen LogP contribution in [0.5, 0.6) is 5.88 Å². The summed E-state index contributed by atoms with van der Waals surface area (Å²) in [4.78, 5) is 16.2. The molecule has 0 saturated heterocycles. The Bertz CT molecular complexity index is 888. The predicted molar refractivity (Wildman–Crippen MR) is 105 cm³/mol. The summed E-state index contributed by atoms with van der Waals surface area (Å²) < 4.78 is 31.3. The van der Waals surface area contributed by atoms with Gasteiger partial charge in [0.1, 0.15) is 0 Å². The number of amides is 1. The third-order valence-corrected chi connectivity index (χ3v) is 5.93. The van der Waals surface area contributed by atoms with Gasteiger partial charge in [0.25, 0.3) is 0 Å². The molecule has 0 aliphatic rings. The van der Waals surface area contributed by atoms with Crippen molar-refractivity contribution >= 4 is 27.7 Å². The van der Waals surface area contributed by atoms with Crippen LogP contribution in [0, 0.1) is 0 Å². The Morgan fingerprint density at radius 1 is 1.15 bits per heavy atom. The summed E-state index contributed by atoms with van der Waals surface area (Å²) in [7, 11) is -1.97. The molecule has 1 amide bonds. The number of rotatable bonds is 8. The summed E-state index contributed by atoms with van der Waals surface area (Å²) in [6, 6.07) is 9.74. The second kappa shape index (κ2) is 9.29. The van der Waals surface area contributed by atoms with Gasteiger partial charge in [0.15, 0.2) is 0 Å². The van der Waals surface area contributed by atoms with E-state index >= 15 is 0 Å². The highest BCUT2D eigenvalue weighted by atomic mass is 32.2. The SMILES string of the molecule is CCN(CC)S(=O)(=O)c1ccc(/C=C/C(=O)Nc2ccc(OC)nc2)cc1. The molecule has 0 fully saturated rings. The number of hydrogen-bond acceptors (Lipinski definition) is 5. The first-order valence-electron chi connectivity index (χ1n) is 8.50. The topological polar surface area (TPSA) is 88.6 Å². The van der Waals surface area contributed by atoms with Crippen LogP contribution in [0.3, 0.4) is 0 Å². The van der Waals surface area contributed by atoms with Crippen molar-refractivity contribution in [1.29, 1.82) is 0 Å². The van der Waals surface area contributed by atoms with Crippen molar-refractivity contribution in [3.63, 3.8) is 0 Å². The van der Waals surface area contributed by atoms with Crippen molar-refractivity contribution in [3.8, 4) is 5.88 Å². The molecule has 1 N–H and O–H groups in total. The Morgan fingerprint density at radius 2 is 1.81 bits per heavy atom. The highest BCUT2D eigenvalue weighted by Crippen LogP contribution is 2.17. The lowest BCUT2D eigenvalue weighted by Crippen LogP contribution is -2.30. The van der Waals surface area contributed by atoms with E-state index in [9.17, 15) is 13.2 Å². The third kappa shape index (κ3) is 5.38. The minimum absolute atomic E-state index is 0.233. The molecule has 0 saturated carbocycles. The number of pyridine rings is 1. The van der Waals surface area contributed by atoms with E-state index in [-0.39, 0.29) is 10.8 Å². The Kier molecular flexibility index (Phi) is 7.09. The Balaban J connectivity index is 2.03. The van der Waals surface area contributed by atoms with Gasteiger partial charge in [0.2, 0.25) is 21.8 Å². The van der Waals surface area contributed by atoms with Gasteiger partial charge in [-0.2, -0.15) is 4.31 Å². The van der Waals surface area contributed by atoms with Crippen molar-refractivity contribution in [3.05, 3.63) is 54.2 Å². The van der Waals surface area contributed by atoms with Crippen molar-refractivity contribution in [2.45, 2.75) is 18.7 Å². The molecule has 0 bridgehead atoms. The number of carbonyl (C=O) groups excluding carboxylic acids is 1. The normalized spacial score (nSPS) is 11.7. The Labute approximate surface area is 159 Å². The molecule has 0 aliphatic carbocycles. The van der Waals surface area contributed by atoms with Gasteiger partial charge in [-0.3, -0.25) is 4.79 Å². The fourth-order valence-electron chi connectivity index (χ4n) is 2.39. The number of nitrogens with one attached hydrogen (secondary N) is 1. The molecule has 0 aliphatic heterocycles. The van der Waals surface area contributed by atoms with Crippen molar-refractivity contribution < 1.29 is 17.9 Å². The monoisotopic (exact) mass is 389 g/mol. The number of carbonyl (C=O) groups is 1. The summed E-state index contributed by atoms with van der Waals surface area (Å²) in [5.41, 5.74) is 1.27. The zero-order valence-corrected chi connectivity index (χ0v) is 16.4. The molecule has 1 heterocycles. The fourth-order valence-corrected chi connectivity index (χ4v) is 3.85. The van der Waals surface area contributed by atoms with Crippen LogP contribution in [0.15, 0.2) is 53.6 Å². The van der Waals surface area contributed by atoms with Crippen LogP contribution >= 0.6 is 0 Å². The molecule has 7 nitrogen and oxygen atoms in total. The molecule has 0 spiro atoms. The average molecular weight is 389 g/mol. The number of ether oxygens (including phenoxy) is 1. The summed E-state index contributed by atoms with van der Waals surface area (Å²) >= 11 is 0. The predicted octanol–water partition coefficient (Wildman–Crippen LogP) is 2.77. The van der Waals surface area contributed by atoms with Crippen LogP contribution in [0.25, 0.3) is 6.08 Å². The van der Waals surface area contributed by atoms with E-state index in [0.29, 0.717) is 24.7 Å². The third-order valence-electron chi connectivity index (χ3n) is 3.86. The summed E-state index contributed by atoms with van der Waals surface area (Å²) in [5.74, 6) is 0.144. The number of sulfonamides is 1. The molecular formula is C19H23N3O4S. The Hall–Kier alpha value is -2.71. The minimum Gasteiger partial charge on any atom is -0.481 e. The van der Waals surface area contributed by atoms with Crippen molar-refractivity contribution in [1.82, 2.24) is 9.29 Å². The van der Waals surface area contributed by atoms with Gasteiger partial charge in [0.05, 0.1) is 23.9 Å². The molecule has 144 valence electrons. The number of anilines is 1. The smallest absolute Gasteiger partial charge is 0.248 e. The molecule has 8 heteroatoms.